The number of aryl methyl sites for hydroxylation is 1. The summed E-state index contributed by atoms with van der Waals surface area (Å²) in [5, 5.41) is 6.23. The SMILES string of the molecule is CCCCOCc1ccc(C(=O)Nc2ccc(C)c(Nc3nccc(-c4cccnc4)n3)c2)cc1. The van der Waals surface area contributed by atoms with Crippen molar-refractivity contribution in [1.82, 2.24) is 15.0 Å². The Morgan fingerprint density at radius 3 is 2.66 bits per heavy atom. The second kappa shape index (κ2) is 11.9. The van der Waals surface area contributed by atoms with Gasteiger partial charge in [0, 0.05) is 47.7 Å². The molecule has 0 aliphatic rings. The van der Waals surface area contributed by atoms with Gasteiger partial charge in [0.2, 0.25) is 5.95 Å². The van der Waals surface area contributed by atoms with Gasteiger partial charge in [-0.05, 0) is 66.9 Å². The second-order valence-electron chi connectivity index (χ2n) is 8.22. The van der Waals surface area contributed by atoms with E-state index in [4.69, 9.17) is 4.74 Å². The lowest BCUT2D eigenvalue weighted by atomic mass is 10.1. The average molecular weight is 468 g/mol. The molecule has 0 aliphatic carbocycles. The van der Waals surface area contributed by atoms with Crippen molar-refractivity contribution in [3.05, 3.63) is 95.9 Å². The second-order valence-corrected chi connectivity index (χ2v) is 8.22. The monoisotopic (exact) mass is 467 g/mol. The summed E-state index contributed by atoms with van der Waals surface area (Å²) in [6, 6.07) is 18.9. The van der Waals surface area contributed by atoms with Crippen molar-refractivity contribution >= 4 is 23.2 Å². The summed E-state index contributed by atoms with van der Waals surface area (Å²) in [6.07, 6.45) is 7.36. The molecule has 0 aliphatic heterocycles. The lowest BCUT2D eigenvalue weighted by Crippen LogP contribution is -2.12. The number of nitrogens with one attached hydrogen (secondary N) is 2. The van der Waals surface area contributed by atoms with Gasteiger partial charge in [-0.3, -0.25) is 9.78 Å². The Kier molecular flexibility index (Phi) is 8.14. The summed E-state index contributed by atoms with van der Waals surface area (Å²) in [5.74, 6) is 0.294. The van der Waals surface area contributed by atoms with Crippen LogP contribution in [0.1, 0.15) is 41.3 Å². The first kappa shape index (κ1) is 24.0. The van der Waals surface area contributed by atoms with Crippen molar-refractivity contribution in [2.45, 2.75) is 33.3 Å². The standard InChI is InChI=1S/C28H29N5O2/c1-3-4-16-35-19-21-8-10-22(11-9-21)27(34)31-24-12-7-20(2)26(17-24)33-28-30-15-13-25(32-28)23-6-5-14-29-18-23/h5-15,17-18H,3-4,16,19H2,1-2H3,(H,31,34)(H,30,32,33). The number of nitrogens with zero attached hydrogens (tertiary/aromatic N) is 3. The van der Waals surface area contributed by atoms with Gasteiger partial charge in [-0.1, -0.05) is 31.5 Å². The predicted octanol–water partition coefficient (Wildman–Crippen LogP) is 6.16. The summed E-state index contributed by atoms with van der Waals surface area (Å²) in [4.78, 5) is 25.9. The van der Waals surface area contributed by atoms with Crippen LogP contribution in [0.3, 0.4) is 0 Å². The first-order valence-electron chi connectivity index (χ1n) is 11.7. The van der Waals surface area contributed by atoms with E-state index < -0.39 is 0 Å². The fourth-order valence-corrected chi connectivity index (χ4v) is 3.44. The number of aromatic nitrogens is 3. The van der Waals surface area contributed by atoms with Gasteiger partial charge in [0.05, 0.1) is 12.3 Å². The first-order chi connectivity index (χ1) is 17.1. The molecule has 4 aromatic rings. The van der Waals surface area contributed by atoms with Gasteiger partial charge in [-0.2, -0.15) is 0 Å². The third-order valence-corrected chi connectivity index (χ3v) is 5.48. The Hall–Kier alpha value is -4.10. The molecule has 0 atom stereocenters. The van der Waals surface area contributed by atoms with E-state index >= 15 is 0 Å². The van der Waals surface area contributed by atoms with E-state index in [1.807, 2.05) is 67.6 Å². The summed E-state index contributed by atoms with van der Waals surface area (Å²) >= 11 is 0. The molecule has 0 spiro atoms. The Morgan fingerprint density at radius 2 is 1.89 bits per heavy atom. The van der Waals surface area contributed by atoms with Crippen LogP contribution in [0.5, 0.6) is 0 Å². The molecule has 178 valence electrons. The molecule has 35 heavy (non-hydrogen) atoms. The fraction of sp³-hybridized carbons (Fsp3) is 0.214. The fourth-order valence-electron chi connectivity index (χ4n) is 3.44. The molecule has 0 radical (unpaired) electrons. The minimum atomic E-state index is -0.173. The minimum absolute atomic E-state index is 0.173. The van der Waals surface area contributed by atoms with E-state index in [9.17, 15) is 4.79 Å². The van der Waals surface area contributed by atoms with Crippen molar-refractivity contribution < 1.29 is 9.53 Å². The van der Waals surface area contributed by atoms with Gasteiger partial charge in [0.15, 0.2) is 0 Å². The van der Waals surface area contributed by atoms with E-state index in [1.54, 1.807) is 18.6 Å². The van der Waals surface area contributed by atoms with Crippen molar-refractivity contribution in [2.75, 3.05) is 17.2 Å². The molecule has 7 nitrogen and oxygen atoms in total. The summed E-state index contributed by atoms with van der Waals surface area (Å²) in [5.41, 5.74) is 5.82. The van der Waals surface area contributed by atoms with Gasteiger partial charge >= 0.3 is 0 Å². The number of benzene rings is 2. The Bertz CT molecular complexity index is 1260. The third kappa shape index (κ3) is 6.71. The number of anilines is 3. The maximum absolute atomic E-state index is 12.8. The highest BCUT2D eigenvalue weighted by atomic mass is 16.5. The zero-order chi connectivity index (χ0) is 24.5. The maximum Gasteiger partial charge on any atom is 0.255 e. The Morgan fingerprint density at radius 1 is 1.03 bits per heavy atom. The molecule has 4 rings (SSSR count). The number of unbranched alkanes of at least 4 members (excludes halogenated alkanes) is 1. The minimum Gasteiger partial charge on any atom is -0.377 e. The van der Waals surface area contributed by atoms with Crippen LogP contribution in [0, 0.1) is 6.92 Å². The molecule has 1 amide bonds. The van der Waals surface area contributed by atoms with Crippen LogP contribution >= 0.6 is 0 Å². The van der Waals surface area contributed by atoms with Crippen LogP contribution in [-0.4, -0.2) is 27.5 Å². The smallest absolute Gasteiger partial charge is 0.255 e. The number of amides is 1. The van der Waals surface area contributed by atoms with Crippen LogP contribution in [0.25, 0.3) is 11.3 Å². The van der Waals surface area contributed by atoms with Crippen molar-refractivity contribution in [1.29, 1.82) is 0 Å². The topological polar surface area (TPSA) is 89.0 Å². The highest BCUT2D eigenvalue weighted by Crippen LogP contribution is 2.24. The van der Waals surface area contributed by atoms with E-state index in [-0.39, 0.29) is 5.91 Å². The zero-order valence-electron chi connectivity index (χ0n) is 20.0. The van der Waals surface area contributed by atoms with Crippen molar-refractivity contribution in [2.24, 2.45) is 0 Å². The molecular formula is C28H29N5O2. The lowest BCUT2D eigenvalue weighted by Gasteiger charge is -2.12. The normalized spacial score (nSPS) is 10.7. The van der Waals surface area contributed by atoms with Crippen LogP contribution in [0.2, 0.25) is 0 Å². The third-order valence-electron chi connectivity index (χ3n) is 5.48. The van der Waals surface area contributed by atoms with Gasteiger partial charge < -0.3 is 15.4 Å². The van der Waals surface area contributed by atoms with Crippen LogP contribution in [0.4, 0.5) is 17.3 Å². The molecule has 0 bridgehead atoms. The zero-order valence-corrected chi connectivity index (χ0v) is 20.0. The molecule has 0 saturated heterocycles. The van der Waals surface area contributed by atoms with Gasteiger partial charge in [0.25, 0.3) is 5.91 Å². The van der Waals surface area contributed by atoms with Crippen molar-refractivity contribution in [3.63, 3.8) is 0 Å². The molecule has 2 aromatic heterocycles. The molecule has 2 heterocycles. The van der Waals surface area contributed by atoms with Gasteiger partial charge in [-0.25, -0.2) is 9.97 Å². The largest absolute Gasteiger partial charge is 0.377 e. The summed E-state index contributed by atoms with van der Waals surface area (Å²) in [7, 11) is 0. The lowest BCUT2D eigenvalue weighted by molar-refractivity contribution is 0.102. The van der Waals surface area contributed by atoms with Crippen LogP contribution < -0.4 is 10.6 Å². The molecule has 0 fully saturated rings. The Balaban J connectivity index is 1.42. The molecule has 2 aromatic carbocycles. The average Bonchev–Trinajstić information content (AvgIpc) is 2.89. The Labute approximate surface area is 205 Å². The first-order valence-corrected chi connectivity index (χ1v) is 11.7. The number of carbonyl (C=O) groups excluding carboxylic acids is 1. The summed E-state index contributed by atoms with van der Waals surface area (Å²) < 4.78 is 5.64. The molecule has 0 unspecified atom stereocenters. The number of hydrogen-bond donors (Lipinski definition) is 2. The van der Waals surface area contributed by atoms with E-state index in [0.29, 0.717) is 23.8 Å². The van der Waals surface area contributed by atoms with E-state index in [1.165, 1.54) is 0 Å². The highest BCUT2D eigenvalue weighted by molar-refractivity contribution is 6.04. The molecular weight excluding hydrogens is 438 g/mol. The predicted molar refractivity (Wildman–Crippen MR) is 139 cm³/mol. The number of rotatable bonds is 10. The van der Waals surface area contributed by atoms with Crippen LogP contribution in [-0.2, 0) is 11.3 Å². The molecule has 7 heteroatoms. The van der Waals surface area contributed by atoms with Gasteiger partial charge in [0.1, 0.15) is 0 Å². The number of pyridine rings is 1. The number of hydrogen-bond acceptors (Lipinski definition) is 6. The van der Waals surface area contributed by atoms with E-state index in [0.717, 1.165) is 47.5 Å². The highest BCUT2D eigenvalue weighted by Gasteiger charge is 2.09. The quantitative estimate of drug-likeness (QED) is 0.272. The molecule has 0 saturated carbocycles. The molecule has 2 N–H and O–H groups in total. The maximum atomic E-state index is 12.8. The summed E-state index contributed by atoms with van der Waals surface area (Å²) in [6.45, 7) is 5.43. The van der Waals surface area contributed by atoms with Gasteiger partial charge in [-0.15, -0.1) is 0 Å². The van der Waals surface area contributed by atoms with Crippen molar-refractivity contribution in [3.8, 4) is 11.3 Å². The number of carbonyl (C=O) groups is 1. The number of ether oxygens (including phenoxy) is 1. The van der Waals surface area contributed by atoms with E-state index in [2.05, 4.69) is 32.5 Å². The van der Waals surface area contributed by atoms with Crippen LogP contribution in [0.15, 0.2) is 79.3 Å².